The molecule has 0 saturated heterocycles. The zero-order valence-corrected chi connectivity index (χ0v) is 12.0. The molecule has 0 bridgehead atoms. The Kier molecular flexibility index (Phi) is 4.24. The number of hydrogen-bond acceptors (Lipinski definition) is 3. The van der Waals surface area contributed by atoms with E-state index in [1.807, 2.05) is 0 Å². The second-order valence-electron chi connectivity index (χ2n) is 4.60. The monoisotopic (exact) mass is 312 g/mol. The van der Waals surface area contributed by atoms with Crippen LogP contribution in [-0.2, 0) is 10.0 Å². The number of benzene rings is 2. The highest BCUT2D eigenvalue weighted by molar-refractivity contribution is 7.89. The molecule has 0 heterocycles. The number of nitrogens with two attached hydrogens (primary N) is 1. The van der Waals surface area contributed by atoms with Crippen molar-refractivity contribution in [2.75, 3.05) is 5.32 Å². The fourth-order valence-corrected chi connectivity index (χ4v) is 2.44. The van der Waals surface area contributed by atoms with E-state index < -0.39 is 27.7 Å². The molecule has 112 valence electrons. The van der Waals surface area contributed by atoms with Gasteiger partial charge in [0.15, 0.2) is 0 Å². The van der Waals surface area contributed by atoms with Gasteiger partial charge in [0.1, 0.15) is 11.6 Å². The summed E-state index contributed by atoms with van der Waals surface area (Å²) in [7, 11) is -3.74. The van der Waals surface area contributed by atoms with E-state index in [1.54, 1.807) is 6.92 Å². The minimum absolute atomic E-state index is 0.00586. The second kappa shape index (κ2) is 5.79. The first-order valence-corrected chi connectivity index (χ1v) is 7.66. The van der Waals surface area contributed by atoms with E-state index in [9.17, 15) is 17.2 Å². The number of primary sulfonamides is 1. The summed E-state index contributed by atoms with van der Waals surface area (Å²) in [6.45, 7) is 1.71. The van der Waals surface area contributed by atoms with Crippen molar-refractivity contribution in [3.8, 4) is 0 Å². The van der Waals surface area contributed by atoms with Gasteiger partial charge in [-0.1, -0.05) is 6.07 Å². The van der Waals surface area contributed by atoms with Crippen LogP contribution in [-0.4, -0.2) is 8.42 Å². The van der Waals surface area contributed by atoms with Crippen molar-refractivity contribution in [1.29, 1.82) is 0 Å². The molecule has 2 rings (SSSR count). The van der Waals surface area contributed by atoms with Gasteiger partial charge in [-0.3, -0.25) is 0 Å². The molecule has 1 atom stereocenters. The molecule has 2 aromatic rings. The van der Waals surface area contributed by atoms with Crippen LogP contribution in [0.3, 0.4) is 0 Å². The van der Waals surface area contributed by atoms with E-state index in [0.29, 0.717) is 11.3 Å². The molecule has 3 N–H and O–H groups in total. The molecule has 0 radical (unpaired) electrons. The molecule has 2 aromatic carbocycles. The molecule has 0 spiro atoms. The number of nitrogens with one attached hydrogen (secondary N) is 1. The van der Waals surface area contributed by atoms with Gasteiger partial charge < -0.3 is 5.32 Å². The molecule has 21 heavy (non-hydrogen) atoms. The van der Waals surface area contributed by atoms with E-state index in [4.69, 9.17) is 5.14 Å². The lowest BCUT2D eigenvalue weighted by Crippen LogP contribution is -2.12. The number of anilines is 1. The third-order valence-electron chi connectivity index (χ3n) is 3.00. The van der Waals surface area contributed by atoms with Crippen LogP contribution in [0.1, 0.15) is 18.5 Å². The molecule has 7 heteroatoms. The first kappa shape index (κ1) is 15.4. The summed E-state index contributed by atoms with van der Waals surface area (Å²) >= 11 is 0. The quantitative estimate of drug-likeness (QED) is 0.912. The first-order valence-electron chi connectivity index (χ1n) is 6.12. The van der Waals surface area contributed by atoms with Gasteiger partial charge >= 0.3 is 0 Å². The second-order valence-corrected chi connectivity index (χ2v) is 6.16. The van der Waals surface area contributed by atoms with Crippen LogP contribution >= 0.6 is 0 Å². The Morgan fingerprint density at radius 3 is 2.24 bits per heavy atom. The lowest BCUT2D eigenvalue weighted by Gasteiger charge is -2.16. The van der Waals surface area contributed by atoms with E-state index >= 15 is 0 Å². The standard InChI is InChI=1S/C14H14F2N2O2S/c1-9(13-7-2-10(15)8-14(13)16)18-11-3-5-12(6-4-11)21(17,19)20/h2-9,18H,1H3,(H2,17,19,20). The summed E-state index contributed by atoms with van der Waals surface area (Å²) in [5.74, 6) is -1.28. The fourth-order valence-electron chi connectivity index (χ4n) is 1.92. The van der Waals surface area contributed by atoms with Crippen LogP contribution in [0.5, 0.6) is 0 Å². The molecule has 0 aliphatic carbocycles. The number of halogens is 2. The molecule has 1 unspecified atom stereocenters. The van der Waals surface area contributed by atoms with Crippen molar-refractivity contribution in [1.82, 2.24) is 0 Å². The Balaban J connectivity index is 2.18. The minimum Gasteiger partial charge on any atom is -0.378 e. The van der Waals surface area contributed by atoms with Gasteiger partial charge in [-0.05, 0) is 37.3 Å². The van der Waals surface area contributed by atoms with Crippen LogP contribution in [0, 0.1) is 11.6 Å². The smallest absolute Gasteiger partial charge is 0.238 e. The van der Waals surface area contributed by atoms with Gasteiger partial charge in [0.2, 0.25) is 10.0 Å². The maximum atomic E-state index is 13.6. The number of rotatable bonds is 4. The number of sulfonamides is 1. The molecule has 0 aliphatic rings. The normalized spacial score (nSPS) is 13.0. The Labute approximate surface area is 121 Å². The van der Waals surface area contributed by atoms with Crippen LogP contribution in [0.4, 0.5) is 14.5 Å². The summed E-state index contributed by atoms with van der Waals surface area (Å²) in [5, 5.41) is 8.00. The fraction of sp³-hybridized carbons (Fsp3) is 0.143. The van der Waals surface area contributed by atoms with Gasteiger partial charge in [-0.2, -0.15) is 0 Å². The van der Waals surface area contributed by atoms with Crippen molar-refractivity contribution in [2.24, 2.45) is 5.14 Å². The van der Waals surface area contributed by atoms with Crippen LogP contribution in [0.2, 0.25) is 0 Å². The van der Waals surface area contributed by atoms with Gasteiger partial charge in [0, 0.05) is 17.3 Å². The van der Waals surface area contributed by atoms with Gasteiger partial charge in [-0.15, -0.1) is 0 Å². The molecule has 0 saturated carbocycles. The van der Waals surface area contributed by atoms with Crippen molar-refractivity contribution in [3.05, 3.63) is 59.7 Å². The average Bonchev–Trinajstić information content (AvgIpc) is 2.38. The zero-order chi connectivity index (χ0) is 15.6. The molecule has 4 nitrogen and oxygen atoms in total. The predicted molar refractivity (Wildman–Crippen MR) is 76.2 cm³/mol. The van der Waals surface area contributed by atoms with Crippen molar-refractivity contribution >= 4 is 15.7 Å². The molecule has 0 aliphatic heterocycles. The van der Waals surface area contributed by atoms with Gasteiger partial charge in [-0.25, -0.2) is 22.3 Å². The molecule has 0 aromatic heterocycles. The third kappa shape index (κ3) is 3.77. The van der Waals surface area contributed by atoms with Crippen molar-refractivity contribution in [2.45, 2.75) is 17.9 Å². The van der Waals surface area contributed by atoms with Crippen molar-refractivity contribution in [3.63, 3.8) is 0 Å². The van der Waals surface area contributed by atoms with E-state index in [0.717, 1.165) is 6.07 Å². The van der Waals surface area contributed by atoms with E-state index in [1.165, 1.54) is 36.4 Å². The Morgan fingerprint density at radius 2 is 1.71 bits per heavy atom. The highest BCUT2D eigenvalue weighted by atomic mass is 32.2. The zero-order valence-electron chi connectivity index (χ0n) is 11.2. The molecule has 0 fully saturated rings. The summed E-state index contributed by atoms with van der Waals surface area (Å²) in [6, 6.07) is 8.71. The lowest BCUT2D eigenvalue weighted by molar-refractivity contribution is 0.566. The Bertz CT molecular complexity index is 746. The molecule has 0 amide bonds. The average molecular weight is 312 g/mol. The topological polar surface area (TPSA) is 72.2 Å². The Morgan fingerprint density at radius 1 is 1.10 bits per heavy atom. The SMILES string of the molecule is CC(Nc1ccc(S(N)(=O)=O)cc1)c1ccc(F)cc1F. The summed E-state index contributed by atoms with van der Waals surface area (Å²) in [5.41, 5.74) is 0.908. The largest absolute Gasteiger partial charge is 0.378 e. The van der Waals surface area contributed by atoms with E-state index in [2.05, 4.69) is 5.32 Å². The van der Waals surface area contributed by atoms with E-state index in [-0.39, 0.29) is 4.90 Å². The number of hydrogen-bond donors (Lipinski definition) is 2. The highest BCUT2D eigenvalue weighted by Crippen LogP contribution is 2.23. The van der Waals surface area contributed by atoms with Crippen LogP contribution in [0.25, 0.3) is 0 Å². The third-order valence-corrected chi connectivity index (χ3v) is 3.92. The van der Waals surface area contributed by atoms with Crippen LogP contribution < -0.4 is 10.5 Å². The maximum Gasteiger partial charge on any atom is 0.238 e. The highest BCUT2D eigenvalue weighted by Gasteiger charge is 2.12. The summed E-state index contributed by atoms with van der Waals surface area (Å²) in [6.07, 6.45) is 0. The lowest BCUT2D eigenvalue weighted by atomic mass is 10.1. The predicted octanol–water partition coefficient (Wildman–Crippen LogP) is 2.79. The molecular weight excluding hydrogens is 298 g/mol. The first-order chi connectivity index (χ1) is 9.77. The minimum atomic E-state index is -3.74. The summed E-state index contributed by atoms with van der Waals surface area (Å²) in [4.78, 5) is -0.00586. The maximum absolute atomic E-state index is 13.6. The molecular formula is C14H14F2N2O2S. The van der Waals surface area contributed by atoms with Gasteiger partial charge in [0.25, 0.3) is 0 Å². The summed E-state index contributed by atoms with van der Waals surface area (Å²) < 4.78 is 48.8. The Hall–Kier alpha value is -1.99. The van der Waals surface area contributed by atoms with Crippen LogP contribution in [0.15, 0.2) is 47.4 Å². The van der Waals surface area contributed by atoms with Gasteiger partial charge in [0.05, 0.1) is 10.9 Å². The van der Waals surface area contributed by atoms with Crippen molar-refractivity contribution < 1.29 is 17.2 Å².